The topological polar surface area (TPSA) is 45.1 Å². The third kappa shape index (κ3) is 5.50. The second-order valence-corrected chi connectivity index (χ2v) is 7.54. The van der Waals surface area contributed by atoms with Gasteiger partial charge >= 0.3 is 6.09 Å². The smallest absolute Gasteiger partial charge is 0.410 e. The third-order valence-corrected chi connectivity index (χ3v) is 4.74. The van der Waals surface area contributed by atoms with Gasteiger partial charge in [0.05, 0.1) is 11.8 Å². The maximum Gasteiger partial charge on any atom is 0.410 e. The third-order valence-electron chi connectivity index (χ3n) is 4.40. The Hall–Kier alpha value is -1.50. The minimum atomic E-state index is -0.233. The maximum absolute atomic E-state index is 12.2. The first-order valence-electron chi connectivity index (χ1n) is 8.78. The van der Waals surface area contributed by atoms with Gasteiger partial charge in [-0.1, -0.05) is 23.8 Å². The predicted octanol–water partition coefficient (Wildman–Crippen LogP) is 4.40. The van der Waals surface area contributed by atoms with Crippen molar-refractivity contribution in [1.82, 2.24) is 9.80 Å². The summed E-state index contributed by atoms with van der Waals surface area (Å²) in [6, 6.07) is 3.93. The Morgan fingerprint density at radius 1 is 1.46 bits per heavy atom. The molecule has 26 heavy (non-hydrogen) atoms. The number of hydrogen-bond donors (Lipinski definition) is 0. The number of aliphatic imine (C=N–C) groups is 1. The van der Waals surface area contributed by atoms with E-state index in [1.165, 1.54) is 5.37 Å². The number of rotatable bonds is 5. The second-order valence-electron chi connectivity index (χ2n) is 6.83. The summed E-state index contributed by atoms with van der Waals surface area (Å²) in [5.74, 6) is 0. The molecule has 142 valence electrons. The van der Waals surface area contributed by atoms with Gasteiger partial charge in [-0.05, 0) is 51.0 Å². The number of benzene rings is 1. The first-order valence-corrected chi connectivity index (χ1v) is 9.63. The first kappa shape index (κ1) is 20.8. The van der Waals surface area contributed by atoms with Crippen LogP contribution in [0.3, 0.4) is 0 Å². The van der Waals surface area contributed by atoms with Crippen molar-refractivity contribution < 1.29 is 9.53 Å². The van der Waals surface area contributed by atoms with Gasteiger partial charge in [0.15, 0.2) is 0 Å². The zero-order valence-electron chi connectivity index (χ0n) is 15.7. The van der Waals surface area contributed by atoms with E-state index in [2.05, 4.69) is 9.89 Å². The molecule has 1 fully saturated rings. The van der Waals surface area contributed by atoms with Gasteiger partial charge < -0.3 is 9.64 Å². The molecule has 0 aliphatic carbocycles. The molecular weight excluding hydrogens is 370 g/mol. The number of carbonyl (C=O) groups excluding carboxylic acids is 1. The Kier molecular flexibility index (Phi) is 7.55. The second kappa shape index (κ2) is 9.44. The van der Waals surface area contributed by atoms with Crippen molar-refractivity contribution in [3.63, 3.8) is 0 Å². The fourth-order valence-corrected chi connectivity index (χ4v) is 3.38. The van der Waals surface area contributed by atoms with Crippen LogP contribution in [0.5, 0.6) is 0 Å². The zero-order valence-corrected chi connectivity index (χ0v) is 17.3. The molecular formula is C19H26ClN3O2S. The largest absolute Gasteiger partial charge is 0.447 e. The molecule has 0 aromatic heterocycles. The highest BCUT2D eigenvalue weighted by Gasteiger charge is 2.29. The highest BCUT2D eigenvalue weighted by molar-refractivity contribution is 7.80. The summed E-state index contributed by atoms with van der Waals surface area (Å²) in [4.78, 5) is 20.7. The lowest BCUT2D eigenvalue weighted by molar-refractivity contribution is 0.0349. The van der Waals surface area contributed by atoms with Crippen LogP contribution in [-0.4, -0.2) is 59.3 Å². The molecule has 7 heteroatoms. The van der Waals surface area contributed by atoms with E-state index in [0.717, 1.165) is 36.4 Å². The Morgan fingerprint density at radius 2 is 2.19 bits per heavy atom. The standard InChI is InChI=1S/C19H26ClN3O2S/c1-13(2)25-19(24)23-7-6-22(11-14(23)3)12-16-9-17(20)10-18(15(16)4)21-5-8-26/h5,8-10,13-14H,6-7,11-12H2,1-4H3/t14-/m0/s1. The minimum Gasteiger partial charge on any atom is -0.447 e. The van der Waals surface area contributed by atoms with Gasteiger partial charge in [-0.2, -0.15) is 0 Å². The van der Waals surface area contributed by atoms with Crippen LogP contribution in [-0.2, 0) is 11.3 Å². The van der Waals surface area contributed by atoms with E-state index in [0.29, 0.717) is 11.6 Å². The van der Waals surface area contributed by atoms with Crippen LogP contribution in [0.4, 0.5) is 10.5 Å². The van der Waals surface area contributed by atoms with Crippen LogP contribution in [0.25, 0.3) is 0 Å². The quantitative estimate of drug-likeness (QED) is 0.547. The maximum atomic E-state index is 12.2. The van der Waals surface area contributed by atoms with Gasteiger partial charge in [0.25, 0.3) is 0 Å². The fraction of sp³-hybridized carbons (Fsp3) is 0.526. The Labute approximate surface area is 166 Å². The van der Waals surface area contributed by atoms with Crippen molar-refractivity contribution in [2.75, 3.05) is 19.6 Å². The van der Waals surface area contributed by atoms with E-state index in [9.17, 15) is 4.79 Å². The van der Waals surface area contributed by atoms with Crippen LogP contribution in [0, 0.1) is 6.92 Å². The Bertz CT molecular complexity index is 694. The summed E-state index contributed by atoms with van der Waals surface area (Å²) in [6.07, 6.45) is 1.26. The number of halogens is 1. The number of ether oxygens (including phenoxy) is 1. The van der Waals surface area contributed by atoms with Gasteiger partial charge in [-0.3, -0.25) is 9.89 Å². The molecule has 1 aliphatic rings. The van der Waals surface area contributed by atoms with Crippen molar-refractivity contribution in [2.45, 2.75) is 46.4 Å². The monoisotopic (exact) mass is 395 g/mol. The molecule has 5 nitrogen and oxygen atoms in total. The number of amides is 1. The SMILES string of the molecule is Cc1c(CN2CCN(C(=O)OC(C)C)[C@@H](C)C2)cc(Cl)cc1N=CC=S. The van der Waals surface area contributed by atoms with Crippen molar-refractivity contribution in [2.24, 2.45) is 4.99 Å². The summed E-state index contributed by atoms with van der Waals surface area (Å²) in [5, 5.41) is 2.14. The van der Waals surface area contributed by atoms with Crippen molar-refractivity contribution in [1.29, 1.82) is 0 Å². The number of nitrogens with zero attached hydrogens (tertiary/aromatic N) is 3. The number of thiocarbonyl (C=S) groups is 1. The van der Waals surface area contributed by atoms with E-state index >= 15 is 0 Å². The number of hydrogen-bond acceptors (Lipinski definition) is 5. The molecule has 1 aromatic carbocycles. The van der Waals surface area contributed by atoms with Gasteiger partial charge in [-0.25, -0.2) is 4.79 Å². The first-order chi connectivity index (χ1) is 12.3. The molecule has 0 saturated carbocycles. The molecule has 1 atom stereocenters. The molecule has 0 spiro atoms. The highest BCUT2D eigenvalue weighted by Crippen LogP contribution is 2.28. The lowest BCUT2D eigenvalue weighted by atomic mass is 10.1. The summed E-state index contributed by atoms with van der Waals surface area (Å²) in [7, 11) is 0. The van der Waals surface area contributed by atoms with Crippen molar-refractivity contribution >= 4 is 47.2 Å². The average molecular weight is 396 g/mol. The predicted molar refractivity (Wildman–Crippen MR) is 111 cm³/mol. The van der Waals surface area contributed by atoms with Crippen molar-refractivity contribution in [3.8, 4) is 0 Å². The number of piperazine rings is 1. The van der Waals surface area contributed by atoms with Gasteiger partial charge in [0.2, 0.25) is 0 Å². The summed E-state index contributed by atoms with van der Waals surface area (Å²) < 4.78 is 5.33. The average Bonchev–Trinajstić information content (AvgIpc) is 2.55. The van der Waals surface area contributed by atoms with E-state index < -0.39 is 0 Å². The summed E-state index contributed by atoms with van der Waals surface area (Å²) >= 11 is 11.1. The summed E-state index contributed by atoms with van der Waals surface area (Å²) in [6.45, 7) is 10.8. The van der Waals surface area contributed by atoms with Crippen LogP contribution >= 0.6 is 23.8 Å². The van der Waals surface area contributed by atoms with Crippen LogP contribution < -0.4 is 0 Å². The molecule has 1 aromatic rings. The van der Waals surface area contributed by atoms with Gasteiger partial charge in [0.1, 0.15) is 0 Å². The van der Waals surface area contributed by atoms with Gasteiger partial charge in [-0.15, -0.1) is 0 Å². The van der Waals surface area contributed by atoms with Crippen LogP contribution in [0.1, 0.15) is 31.9 Å². The molecule has 0 bridgehead atoms. The molecule has 1 heterocycles. The molecule has 0 radical (unpaired) electrons. The number of carbonyl (C=O) groups is 1. The van der Waals surface area contributed by atoms with E-state index in [4.69, 9.17) is 28.6 Å². The molecule has 0 unspecified atom stereocenters. The molecule has 2 rings (SSSR count). The van der Waals surface area contributed by atoms with E-state index in [1.54, 1.807) is 11.1 Å². The normalized spacial score (nSPS) is 18.5. The lowest BCUT2D eigenvalue weighted by Gasteiger charge is -2.39. The molecule has 1 saturated heterocycles. The molecule has 1 amide bonds. The summed E-state index contributed by atoms with van der Waals surface area (Å²) in [5.41, 5.74) is 3.07. The zero-order chi connectivity index (χ0) is 19.3. The fourth-order valence-electron chi connectivity index (χ4n) is 3.09. The van der Waals surface area contributed by atoms with Crippen LogP contribution in [0.15, 0.2) is 17.1 Å². The molecule has 1 aliphatic heterocycles. The van der Waals surface area contributed by atoms with E-state index in [-0.39, 0.29) is 18.2 Å². The van der Waals surface area contributed by atoms with Crippen molar-refractivity contribution in [3.05, 3.63) is 28.3 Å². The minimum absolute atomic E-state index is 0.0989. The molecule has 0 N–H and O–H groups in total. The highest BCUT2D eigenvalue weighted by atomic mass is 35.5. The van der Waals surface area contributed by atoms with E-state index in [1.807, 2.05) is 39.8 Å². The Morgan fingerprint density at radius 3 is 2.81 bits per heavy atom. The van der Waals surface area contributed by atoms with Crippen LogP contribution in [0.2, 0.25) is 5.02 Å². The lowest BCUT2D eigenvalue weighted by Crippen LogP contribution is -2.54. The Balaban J connectivity index is 2.07. The van der Waals surface area contributed by atoms with Gasteiger partial charge in [0, 0.05) is 48.8 Å².